The minimum atomic E-state index is -0.587. The van der Waals surface area contributed by atoms with E-state index in [1.807, 2.05) is 30.3 Å². The predicted octanol–water partition coefficient (Wildman–Crippen LogP) is 5.92. The number of rotatable bonds is 8. The zero-order valence-corrected chi connectivity index (χ0v) is 19.6. The number of nitrogens with one attached hydrogen (secondary N) is 1. The van der Waals surface area contributed by atoms with Crippen molar-refractivity contribution in [3.05, 3.63) is 99.0 Å². The summed E-state index contributed by atoms with van der Waals surface area (Å²) >= 11 is 12.0. The maximum atomic E-state index is 12.8. The summed E-state index contributed by atoms with van der Waals surface area (Å²) in [7, 11) is 0. The maximum Gasteiger partial charge on any atom is 0.411 e. The number of nitrogens with zero attached hydrogens (tertiary/aromatic N) is 2. The first-order valence-corrected chi connectivity index (χ1v) is 11.3. The molecular weight excluding hydrogens is 477 g/mol. The first-order chi connectivity index (χ1) is 16.5. The van der Waals surface area contributed by atoms with E-state index in [9.17, 15) is 9.59 Å². The monoisotopic (exact) mass is 497 g/mol. The molecule has 7 nitrogen and oxygen atoms in total. The van der Waals surface area contributed by atoms with Crippen LogP contribution in [0.25, 0.3) is 10.9 Å². The van der Waals surface area contributed by atoms with Gasteiger partial charge in [-0.2, -0.15) is 0 Å². The normalized spacial score (nSPS) is 10.8. The molecule has 1 amide bonds. The Morgan fingerprint density at radius 3 is 2.68 bits per heavy atom. The molecule has 0 atom stereocenters. The largest absolute Gasteiger partial charge is 0.492 e. The smallest absolute Gasteiger partial charge is 0.411 e. The first-order valence-electron chi connectivity index (χ1n) is 10.5. The lowest BCUT2D eigenvalue weighted by Crippen LogP contribution is -2.22. The average molecular weight is 498 g/mol. The molecule has 0 bridgehead atoms. The number of amides is 1. The highest BCUT2D eigenvalue weighted by Gasteiger charge is 2.09. The Morgan fingerprint density at radius 1 is 1.03 bits per heavy atom. The molecular formula is C25H21Cl2N3O4. The third-order valence-electron chi connectivity index (χ3n) is 4.98. The Bertz CT molecular complexity index is 1360. The SMILES string of the molecule is O=C(Nc1ccc2c(=O)n(CCCOc3cc(Cl)ccc3Cl)cnc2c1)OCc1ccccc1. The van der Waals surface area contributed by atoms with E-state index in [0.29, 0.717) is 52.0 Å². The van der Waals surface area contributed by atoms with Crippen molar-refractivity contribution < 1.29 is 14.3 Å². The van der Waals surface area contributed by atoms with Gasteiger partial charge < -0.3 is 9.47 Å². The van der Waals surface area contributed by atoms with Crippen molar-refractivity contribution in [1.82, 2.24) is 9.55 Å². The number of anilines is 1. The summed E-state index contributed by atoms with van der Waals surface area (Å²) in [5.41, 5.74) is 1.68. The van der Waals surface area contributed by atoms with Crippen LogP contribution in [0.1, 0.15) is 12.0 Å². The highest BCUT2D eigenvalue weighted by molar-refractivity contribution is 6.34. The van der Waals surface area contributed by atoms with Gasteiger partial charge in [0.2, 0.25) is 0 Å². The lowest BCUT2D eigenvalue weighted by Gasteiger charge is -2.10. The summed E-state index contributed by atoms with van der Waals surface area (Å²) in [5, 5.41) is 4.12. The number of aryl methyl sites for hydroxylation is 1. The molecule has 1 N–H and O–H groups in total. The molecule has 4 rings (SSSR count). The van der Waals surface area contributed by atoms with E-state index in [4.69, 9.17) is 32.7 Å². The van der Waals surface area contributed by atoms with Gasteiger partial charge >= 0.3 is 6.09 Å². The number of hydrogen-bond acceptors (Lipinski definition) is 5. The molecule has 4 aromatic rings. The zero-order chi connectivity index (χ0) is 23.9. The molecule has 1 aromatic heterocycles. The van der Waals surface area contributed by atoms with Gasteiger partial charge in [-0.15, -0.1) is 0 Å². The number of benzene rings is 3. The quantitative estimate of drug-likeness (QED) is 0.305. The van der Waals surface area contributed by atoms with Crippen molar-refractivity contribution in [3.63, 3.8) is 0 Å². The highest BCUT2D eigenvalue weighted by atomic mass is 35.5. The molecule has 0 unspecified atom stereocenters. The third-order valence-corrected chi connectivity index (χ3v) is 5.53. The van der Waals surface area contributed by atoms with Crippen LogP contribution in [-0.4, -0.2) is 22.3 Å². The maximum absolute atomic E-state index is 12.8. The van der Waals surface area contributed by atoms with Gasteiger partial charge in [0.15, 0.2) is 0 Å². The van der Waals surface area contributed by atoms with Crippen molar-refractivity contribution in [2.24, 2.45) is 0 Å². The minimum absolute atomic E-state index is 0.163. The summed E-state index contributed by atoms with van der Waals surface area (Å²) in [6.45, 7) is 0.945. The van der Waals surface area contributed by atoms with E-state index in [1.54, 1.807) is 36.4 Å². The molecule has 174 valence electrons. The Balaban J connectivity index is 1.34. The van der Waals surface area contributed by atoms with E-state index in [-0.39, 0.29) is 12.2 Å². The summed E-state index contributed by atoms with van der Waals surface area (Å²) in [5.74, 6) is 0.500. The molecule has 0 saturated carbocycles. The summed E-state index contributed by atoms with van der Waals surface area (Å²) in [6.07, 6.45) is 1.47. The lowest BCUT2D eigenvalue weighted by molar-refractivity contribution is 0.155. The number of carbonyl (C=O) groups excluding carboxylic acids is 1. The topological polar surface area (TPSA) is 82.5 Å². The van der Waals surface area contributed by atoms with Crippen LogP contribution in [0.2, 0.25) is 10.0 Å². The van der Waals surface area contributed by atoms with Gasteiger partial charge in [-0.25, -0.2) is 9.78 Å². The molecule has 0 aliphatic carbocycles. The van der Waals surface area contributed by atoms with Crippen molar-refractivity contribution in [1.29, 1.82) is 0 Å². The van der Waals surface area contributed by atoms with Crippen molar-refractivity contribution in [3.8, 4) is 5.75 Å². The van der Waals surface area contributed by atoms with E-state index in [0.717, 1.165) is 5.56 Å². The second-order valence-corrected chi connectivity index (χ2v) is 8.28. The molecule has 0 aliphatic heterocycles. The second kappa shape index (κ2) is 11.0. The van der Waals surface area contributed by atoms with Gasteiger partial charge in [-0.05, 0) is 42.3 Å². The molecule has 0 radical (unpaired) electrons. The third kappa shape index (κ3) is 6.07. The van der Waals surface area contributed by atoms with Crippen LogP contribution in [0.3, 0.4) is 0 Å². The first kappa shape index (κ1) is 23.6. The Hall–Kier alpha value is -3.55. The highest BCUT2D eigenvalue weighted by Crippen LogP contribution is 2.27. The molecule has 1 heterocycles. The summed E-state index contributed by atoms with van der Waals surface area (Å²) < 4.78 is 12.4. The van der Waals surface area contributed by atoms with Crippen LogP contribution >= 0.6 is 23.2 Å². The number of halogens is 2. The number of hydrogen-bond donors (Lipinski definition) is 1. The fourth-order valence-electron chi connectivity index (χ4n) is 3.28. The minimum Gasteiger partial charge on any atom is -0.492 e. The fourth-order valence-corrected chi connectivity index (χ4v) is 3.61. The van der Waals surface area contributed by atoms with Crippen molar-refractivity contribution >= 4 is 45.9 Å². The molecule has 0 spiro atoms. The molecule has 0 fully saturated rings. The van der Waals surface area contributed by atoms with Gasteiger partial charge in [0.1, 0.15) is 12.4 Å². The second-order valence-electron chi connectivity index (χ2n) is 7.44. The van der Waals surface area contributed by atoms with Crippen LogP contribution in [0.5, 0.6) is 5.75 Å². The van der Waals surface area contributed by atoms with Crippen LogP contribution in [-0.2, 0) is 17.9 Å². The summed E-state index contributed by atoms with van der Waals surface area (Å²) in [4.78, 5) is 29.3. The van der Waals surface area contributed by atoms with Crippen molar-refractivity contribution in [2.75, 3.05) is 11.9 Å². The van der Waals surface area contributed by atoms with E-state index >= 15 is 0 Å². The fraction of sp³-hybridized carbons (Fsp3) is 0.160. The van der Waals surface area contributed by atoms with Gasteiger partial charge in [-0.3, -0.25) is 14.7 Å². The molecule has 0 saturated heterocycles. The van der Waals surface area contributed by atoms with E-state index < -0.39 is 6.09 Å². The van der Waals surface area contributed by atoms with Crippen LogP contribution < -0.4 is 15.6 Å². The molecule has 0 aliphatic rings. The van der Waals surface area contributed by atoms with Gasteiger partial charge in [0, 0.05) is 23.3 Å². The standard InChI is InChI=1S/C25H21Cl2N3O4/c26-18-7-10-21(27)23(13-18)33-12-4-11-30-16-28-22-14-19(8-9-20(22)24(30)31)29-25(32)34-15-17-5-2-1-3-6-17/h1-3,5-10,13-14,16H,4,11-12,15H2,(H,29,32). The molecule has 34 heavy (non-hydrogen) atoms. The number of carbonyl (C=O) groups is 1. The Kier molecular flexibility index (Phi) is 7.67. The van der Waals surface area contributed by atoms with Crippen molar-refractivity contribution in [2.45, 2.75) is 19.6 Å². The number of ether oxygens (including phenoxy) is 2. The van der Waals surface area contributed by atoms with E-state index in [2.05, 4.69) is 10.3 Å². The number of fused-ring (bicyclic) bond motifs is 1. The zero-order valence-electron chi connectivity index (χ0n) is 18.0. The predicted molar refractivity (Wildman–Crippen MR) is 133 cm³/mol. The lowest BCUT2D eigenvalue weighted by atomic mass is 10.2. The van der Waals surface area contributed by atoms with Gasteiger partial charge in [0.25, 0.3) is 5.56 Å². The van der Waals surface area contributed by atoms with Crippen LogP contribution in [0, 0.1) is 0 Å². The molecule has 3 aromatic carbocycles. The Labute approximate surface area is 205 Å². The van der Waals surface area contributed by atoms with E-state index in [1.165, 1.54) is 10.9 Å². The Morgan fingerprint density at radius 2 is 1.85 bits per heavy atom. The summed E-state index contributed by atoms with van der Waals surface area (Å²) in [6, 6.07) is 19.3. The van der Waals surface area contributed by atoms with Gasteiger partial charge in [0.05, 0.1) is 28.9 Å². The van der Waals surface area contributed by atoms with Crippen LogP contribution in [0.15, 0.2) is 77.9 Å². The average Bonchev–Trinajstić information content (AvgIpc) is 2.84. The number of aromatic nitrogens is 2. The van der Waals surface area contributed by atoms with Gasteiger partial charge in [-0.1, -0.05) is 53.5 Å². The molecule has 9 heteroatoms. The van der Waals surface area contributed by atoms with Crippen LogP contribution in [0.4, 0.5) is 10.5 Å².